The molecule has 0 radical (unpaired) electrons. The minimum atomic E-state index is -1.03. The van der Waals surface area contributed by atoms with Crippen molar-refractivity contribution in [3.8, 4) is 28.0 Å². The number of rotatable bonds is 26. The third kappa shape index (κ3) is 15.9. The number of carbonyl (C=O) groups excluding carboxylic acids is 4. The van der Waals surface area contributed by atoms with Crippen LogP contribution >= 0.6 is 0 Å². The second-order valence-electron chi connectivity index (χ2n) is 12.4. The summed E-state index contributed by atoms with van der Waals surface area (Å²) in [6.07, 6.45) is -1.03. The molecule has 1 atom stereocenters. The van der Waals surface area contributed by atoms with Gasteiger partial charge in [0.25, 0.3) is 5.69 Å². The summed E-state index contributed by atoms with van der Waals surface area (Å²) in [7, 11) is 1.60. The second kappa shape index (κ2) is 25.0. The van der Waals surface area contributed by atoms with E-state index in [0.717, 1.165) is 22.4 Å². The molecule has 0 aliphatic heterocycles. The zero-order chi connectivity index (χ0) is 41.6. The highest BCUT2D eigenvalue weighted by molar-refractivity contribution is 5.76. The minimum absolute atomic E-state index is 0.0270. The first kappa shape index (κ1) is 46.0. The highest BCUT2D eigenvalue weighted by Crippen LogP contribution is 2.34. The Balaban J connectivity index is 1.88. The zero-order valence-corrected chi connectivity index (χ0v) is 33.3. The molecule has 0 aromatic heterocycles. The molecule has 0 aliphatic rings. The number of nitrogens with zero attached hydrogens (tertiary/aromatic N) is 3. The SMILES string of the molecule is CCOC(=O)CN(CCOCCOC(CN(CC(=O)OCC)CC(=O)OCC)c1cc(-c2ccc(-c3ccc(OC)cc3)cc2)ccc1[N+](=O)[O-])CC(=O)OCC. The van der Waals surface area contributed by atoms with Gasteiger partial charge in [-0.15, -0.1) is 0 Å². The molecular formula is C41H53N3O13. The van der Waals surface area contributed by atoms with Crippen LogP contribution in [0.2, 0.25) is 0 Å². The summed E-state index contributed by atoms with van der Waals surface area (Å²) in [4.78, 5) is 64.4. The predicted molar refractivity (Wildman–Crippen MR) is 209 cm³/mol. The van der Waals surface area contributed by atoms with E-state index < -0.39 is 34.9 Å². The Kier molecular flexibility index (Phi) is 20.1. The van der Waals surface area contributed by atoms with E-state index in [1.165, 1.54) is 11.0 Å². The van der Waals surface area contributed by atoms with Crippen molar-refractivity contribution in [2.24, 2.45) is 0 Å². The van der Waals surface area contributed by atoms with Crippen molar-refractivity contribution in [1.82, 2.24) is 9.80 Å². The third-order valence-electron chi connectivity index (χ3n) is 8.37. The summed E-state index contributed by atoms with van der Waals surface area (Å²) in [5.74, 6) is -1.46. The van der Waals surface area contributed by atoms with E-state index in [-0.39, 0.29) is 96.8 Å². The maximum absolute atomic E-state index is 12.6. The number of esters is 4. The van der Waals surface area contributed by atoms with Gasteiger partial charge in [0.05, 0.1) is 90.0 Å². The van der Waals surface area contributed by atoms with Gasteiger partial charge in [0.15, 0.2) is 0 Å². The third-order valence-corrected chi connectivity index (χ3v) is 8.37. The first-order chi connectivity index (χ1) is 27.5. The molecule has 0 amide bonds. The van der Waals surface area contributed by atoms with Crippen LogP contribution in [-0.4, -0.2) is 131 Å². The first-order valence-electron chi connectivity index (χ1n) is 18.8. The number of carbonyl (C=O) groups is 4. The van der Waals surface area contributed by atoms with Crippen molar-refractivity contribution in [2.45, 2.75) is 33.8 Å². The number of benzene rings is 3. The number of nitro groups is 1. The summed E-state index contributed by atoms with van der Waals surface area (Å²) < 4.78 is 37.7. The van der Waals surface area contributed by atoms with Crippen molar-refractivity contribution < 1.29 is 57.3 Å². The summed E-state index contributed by atoms with van der Waals surface area (Å²) >= 11 is 0. The largest absolute Gasteiger partial charge is 0.497 e. The van der Waals surface area contributed by atoms with Gasteiger partial charge < -0.3 is 33.2 Å². The van der Waals surface area contributed by atoms with Gasteiger partial charge in [-0.2, -0.15) is 0 Å². The lowest BCUT2D eigenvalue weighted by Crippen LogP contribution is -2.39. The lowest BCUT2D eigenvalue weighted by Gasteiger charge is -2.27. The lowest BCUT2D eigenvalue weighted by molar-refractivity contribution is -0.386. The molecular weight excluding hydrogens is 742 g/mol. The number of nitro benzene ring substituents is 1. The fourth-order valence-electron chi connectivity index (χ4n) is 5.77. The van der Waals surface area contributed by atoms with Gasteiger partial charge in [0.1, 0.15) is 11.9 Å². The molecule has 0 spiro atoms. The first-order valence-corrected chi connectivity index (χ1v) is 18.8. The standard InChI is InChI=1S/C41H53N3O13/c1-6-53-38(45)26-42(27-39(46)54-7-2)20-21-52-22-23-57-37(25-43(28-40(47)55-8-3)29-41(48)56-9-4)35-24-33(16-19-36(35)44(49)50)32-12-10-30(11-13-32)31-14-17-34(51-5)18-15-31/h10-19,24,37H,6-9,20-23,25-29H2,1-5H3. The van der Waals surface area contributed by atoms with Crippen LogP contribution < -0.4 is 4.74 Å². The molecule has 57 heavy (non-hydrogen) atoms. The summed E-state index contributed by atoms with van der Waals surface area (Å²) in [5, 5.41) is 12.4. The molecule has 0 aliphatic carbocycles. The Hall–Kier alpha value is -5.42. The Morgan fingerprint density at radius 2 is 1.05 bits per heavy atom. The van der Waals surface area contributed by atoms with Crippen molar-refractivity contribution >= 4 is 29.6 Å². The molecule has 3 rings (SSSR count). The molecule has 16 heteroatoms. The Bertz CT molecular complexity index is 1690. The van der Waals surface area contributed by atoms with E-state index >= 15 is 0 Å². The van der Waals surface area contributed by atoms with Gasteiger partial charge in [-0.3, -0.25) is 39.1 Å². The molecule has 16 nitrogen and oxygen atoms in total. The zero-order valence-electron chi connectivity index (χ0n) is 33.3. The van der Waals surface area contributed by atoms with Gasteiger partial charge in [-0.25, -0.2) is 0 Å². The van der Waals surface area contributed by atoms with Crippen molar-refractivity contribution in [3.05, 3.63) is 82.4 Å². The molecule has 0 heterocycles. The van der Waals surface area contributed by atoms with Crippen molar-refractivity contribution in [2.75, 3.05) is 92.6 Å². The predicted octanol–water partition coefficient (Wildman–Crippen LogP) is 4.87. The highest BCUT2D eigenvalue weighted by atomic mass is 16.6. The van der Waals surface area contributed by atoms with E-state index in [1.807, 2.05) is 48.5 Å². The molecule has 310 valence electrons. The van der Waals surface area contributed by atoms with Crippen LogP contribution in [0.3, 0.4) is 0 Å². The maximum atomic E-state index is 12.6. The van der Waals surface area contributed by atoms with E-state index in [2.05, 4.69) is 0 Å². The fraction of sp³-hybridized carbons (Fsp3) is 0.463. The van der Waals surface area contributed by atoms with E-state index in [0.29, 0.717) is 5.56 Å². The highest BCUT2D eigenvalue weighted by Gasteiger charge is 2.28. The number of hydrogen-bond acceptors (Lipinski definition) is 15. The van der Waals surface area contributed by atoms with E-state index in [1.54, 1.807) is 51.8 Å². The van der Waals surface area contributed by atoms with Crippen LogP contribution in [0.4, 0.5) is 5.69 Å². The fourth-order valence-corrected chi connectivity index (χ4v) is 5.77. The Morgan fingerprint density at radius 1 is 0.614 bits per heavy atom. The van der Waals surface area contributed by atoms with Crippen LogP contribution in [-0.2, 0) is 47.6 Å². The monoisotopic (exact) mass is 795 g/mol. The van der Waals surface area contributed by atoms with Crippen LogP contribution in [0, 0.1) is 10.1 Å². The van der Waals surface area contributed by atoms with Crippen LogP contribution in [0.25, 0.3) is 22.3 Å². The summed E-state index contributed by atoms with van der Waals surface area (Å²) in [6, 6.07) is 20.1. The van der Waals surface area contributed by atoms with E-state index in [9.17, 15) is 29.3 Å². The van der Waals surface area contributed by atoms with Crippen LogP contribution in [0.15, 0.2) is 66.7 Å². The molecule has 3 aromatic carbocycles. The average Bonchev–Trinajstić information content (AvgIpc) is 3.18. The lowest BCUT2D eigenvalue weighted by atomic mass is 9.96. The van der Waals surface area contributed by atoms with Gasteiger partial charge in [0, 0.05) is 19.2 Å². The molecule has 3 aromatic rings. The van der Waals surface area contributed by atoms with Crippen molar-refractivity contribution in [3.63, 3.8) is 0 Å². The minimum Gasteiger partial charge on any atom is -0.497 e. The van der Waals surface area contributed by atoms with Gasteiger partial charge in [-0.05, 0) is 74.2 Å². The average molecular weight is 796 g/mol. The second-order valence-corrected chi connectivity index (χ2v) is 12.4. The molecule has 0 saturated carbocycles. The molecule has 0 saturated heterocycles. The Morgan fingerprint density at radius 3 is 1.51 bits per heavy atom. The van der Waals surface area contributed by atoms with Crippen LogP contribution in [0.1, 0.15) is 39.4 Å². The van der Waals surface area contributed by atoms with E-state index in [4.69, 9.17) is 33.2 Å². The normalized spacial score (nSPS) is 11.6. The maximum Gasteiger partial charge on any atom is 0.320 e. The topological polar surface area (TPSA) is 183 Å². The van der Waals surface area contributed by atoms with Gasteiger partial charge in [0.2, 0.25) is 0 Å². The van der Waals surface area contributed by atoms with Crippen molar-refractivity contribution in [1.29, 1.82) is 0 Å². The molecule has 0 bridgehead atoms. The van der Waals surface area contributed by atoms with Gasteiger partial charge in [-0.1, -0.05) is 36.4 Å². The molecule has 0 fully saturated rings. The molecule has 0 N–H and O–H groups in total. The summed E-state index contributed by atoms with van der Waals surface area (Å²) in [6.45, 7) is 6.55. The van der Waals surface area contributed by atoms with Crippen LogP contribution in [0.5, 0.6) is 5.75 Å². The smallest absolute Gasteiger partial charge is 0.320 e. The van der Waals surface area contributed by atoms with Gasteiger partial charge >= 0.3 is 23.9 Å². The number of methoxy groups -OCH3 is 1. The number of hydrogen-bond donors (Lipinski definition) is 0. The summed E-state index contributed by atoms with van der Waals surface area (Å²) in [5.41, 5.74) is 3.40. The number of ether oxygens (including phenoxy) is 7. The quantitative estimate of drug-likeness (QED) is 0.0353. The Labute approximate surface area is 333 Å². The molecule has 1 unspecified atom stereocenters.